The second kappa shape index (κ2) is 8.35. The molecular weight excluding hydrogens is 370 g/mol. The molecule has 0 spiro atoms. The fraction of sp³-hybridized carbons (Fsp3) is 0.304. The predicted molar refractivity (Wildman–Crippen MR) is 115 cm³/mol. The zero-order valence-corrected chi connectivity index (χ0v) is 17.3. The summed E-state index contributed by atoms with van der Waals surface area (Å²) < 4.78 is 17.6. The summed E-state index contributed by atoms with van der Waals surface area (Å²) in [5, 5.41) is 0. The van der Waals surface area contributed by atoms with Crippen LogP contribution in [-0.4, -0.2) is 39.3 Å². The Morgan fingerprint density at radius 3 is 2.64 bits per heavy atom. The number of nitrogens with zero attached hydrogens (tertiary/aromatic N) is 1. The SMILES string of the molecule is COc1ccc2c(c1)Oc1ccccc1-c1cc(COCCCN(C)C)sc1-2. The molecule has 0 radical (unpaired) electrons. The van der Waals surface area contributed by atoms with Crippen LogP contribution < -0.4 is 9.47 Å². The van der Waals surface area contributed by atoms with Gasteiger partial charge < -0.3 is 19.1 Å². The molecule has 0 atom stereocenters. The monoisotopic (exact) mass is 395 g/mol. The third-order valence-electron chi connectivity index (χ3n) is 4.75. The summed E-state index contributed by atoms with van der Waals surface area (Å²) in [7, 11) is 5.85. The summed E-state index contributed by atoms with van der Waals surface area (Å²) in [5.74, 6) is 2.48. The minimum atomic E-state index is 0.638. The lowest BCUT2D eigenvalue weighted by Gasteiger charge is -2.10. The Hall–Kier alpha value is -2.34. The molecule has 5 heteroatoms. The van der Waals surface area contributed by atoms with E-state index in [0.29, 0.717) is 6.61 Å². The number of ether oxygens (including phenoxy) is 3. The first-order valence-electron chi connectivity index (χ1n) is 9.46. The van der Waals surface area contributed by atoms with Gasteiger partial charge in [0, 0.05) is 39.1 Å². The van der Waals surface area contributed by atoms with Gasteiger partial charge in [0.15, 0.2) is 0 Å². The lowest BCUT2D eigenvalue weighted by Crippen LogP contribution is -2.14. The van der Waals surface area contributed by atoms with Crippen molar-refractivity contribution in [2.24, 2.45) is 0 Å². The largest absolute Gasteiger partial charge is 0.497 e. The fourth-order valence-corrected chi connectivity index (χ4v) is 4.51. The van der Waals surface area contributed by atoms with Gasteiger partial charge in [-0.2, -0.15) is 0 Å². The molecule has 3 aromatic rings. The third kappa shape index (κ3) is 3.92. The summed E-state index contributed by atoms with van der Waals surface area (Å²) in [6.07, 6.45) is 1.04. The topological polar surface area (TPSA) is 30.9 Å². The first-order valence-corrected chi connectivity index (χ1v) is 10.3. The molecule has 2 aromatic carbocycles. The van der Waals surface area contributed by atoms with Gasteiger partial charge in [-0.25, -0.2) is 0 Å². The number of benzene rings is 2. The normalized spacial score (nSPS) is 12.0. The number of thiophene rings is 1. The van der Waals surface area contributed by atoms with Crippen LogP contribution in [0.1, 0.15) is 11.3 Å². The number of hydrogen-bond acceptors (Lipinski definition) is 5. The second-order valence-electron chi connectivity index (χ2n) is 7.13. The van der Waals surface area contributed by atoms with Crippen molar-refractivity contribution in [3.8, 4) is 38.8 Å². The van der Waals surface area contributed by atoms with Gasteiger partial charge in [0.25, 0.3) is 0 Å². The Balaban J connectivity index is 1.65. The van der Waals surface area contributed by atoms with Crippen molar-refractivity contribution in [2.75, 3.05) is 34.4 Å². The number of rotatable bonds is 7. The molecule has 146 valence electrons. The van der Waals surface area contributed by atoms with Crippen molar-refractivity contribution in [3.05, 3.63) is 53.4 Å². The summed E-state index contributed by atoms with van der Waals surface area (Å²) in [6, 6.07) is 16.5. The van der Waals surface area contributed by atoms with Gasteiger partial charge in [0.1, 0.15) is 17.2 Å². The highest BCUT2D eigenvalue weighted by atomic mass is 32.1. The highest BCUT2D eigenvalue weighted by Crippen LogP contribution is 2.50. The summed E-state index contributed by atoms with van der Waals surface area (Å²) in [5.41, 5.74) is 3.41. The highest BCUT2D eigenvalue weighted by Gasteiger charge is 2.23. The Kier molecular flexibility index (Phi) is 5.67. The Bertz CT molecular complexity index is 964. The summed E-state index contributed by atoms with van der Waals surface area (Å²) >= 11 is 1.78. The molecule has 1 aliphatic rings. The standard InChI is InChI=1S/C23H25NO3S/c1-24(2)11-6-12-26-15-17-14-20-18-7-4-5-8-21(18)27-22-13-16(25-3)9-10-19(22)23(20)28-17/h4-5,7-10,13-14H,6,11-12,15H2,1-3H3. The molecule has 0 saturated heterocycles. The Morgan fingerprint density at radius 1 is 0.964 bits per heavy atom. The molecule has 4 rings (SSSR count). The van der Waals surface area contributed by atoms with Crippen molar-refractivity contribution in [1.82, 2.24) is 4.90 Å². The molecule has 1 aromatic heterocycles. The molecule has 0 saturated carbocycles. The van der Waals surface area contributed by atoms with Crippen LogP contribution >= 0.6 is 11.3 Å². The average molecular weight is 396 g/mol. The van der Waals surface area contributed by atoms with E-state index >= 15 is 0 Å². The number of methoxy groups -OCH3 is 1. The molecule has 28 heavy (non-hydrogen) atoms. The van der Waals surface area contributed by atoms with Gasteiger partial charge in [-0.05, 0) is 51.3 Å². The van der Waals surface area contributed by atoms with Gasteiger partial charge in [0.2, 0.25) is 0 Å². The van der Waals surface area contributed by atoms with Crippen molar-refractivity contribution in [2.45, 2.75) is 13.0 Å². The maximum Gasteiger partial charge on any atom is 0.139 e. The van der Waals surface area contributed by atoms with E-state index < -0.39 is 0 Å². The van der Waals surface area contributed by atoms with Crippen LogP contribution in [0.15, 0.2) is 48.5 Å². The molecule has 0 fully saturated rings. The molecule has 2 heterocycles. The lowest BCUT2D eigenvalue weighted by atomic mass is 10.0. The molecule has 4 nitrogen and oxygen atoms in total. The van der Waals surface area contributed by atoms with E-state index in [1.807, 2.05) is 24.3 Å². The first-order chi connectivity index (χ1) is 13.7. The van der Waals surface area contributed by atoms with Crippen molar-refractivity contribution in [3.63, 3.8) is 0 Å². The van der Waals surface area contributed by atoms with Crippen molar-refractivity contribution >= 4 is 11.3 Å². The van der Waals surface area contributed by atoms with E-state index in [9.17, 15) is 0 Å². The number of fused-ring (bicyclic) bond motifs is 5. The van der Waals surface area contributed by atoms with Crippen molar-refractivity contribution < 1.29 is 14.2 Å². The smallest absolute Gasteiger partial charge is 0.139 e. The van der Waals surface area contributed by atoms with Gasteiger partial charge in [-0.1, -0.05) is 18.2 Å². The number of para-hydroxylation sites is 1. The molecule has 0 aliphatic carbocycles. The minimum Gasteiger partial charge on any atom is -0.497 e. The Morgan fingerprint density at radius 2 is 1.82 bits per heavy atom. The van der Waals surface area contributed by atoms with Crippen LogP contribution in [0.25, 0.3) is 21.6 Å². The molecule has 0 bridgehead atoms. The van der Waals surface area contributed by atoms with Gasteiger partial charge >= 0.3 is 0 Å². The van der Waals surface area contributed by atoms with E-state index in [0.717, 1.165) is 47.9 Å². The highest BCUT2D eigenvalue weighted by molar-refractivity contribution is 7.16. The summed E-state index contributed by atoms with van der Waals surface area (Å²) in [6.45, 7) is 2.45. The van der Waals surface area contributed by atoms with E-state index in [-0.39, 0.29) is 0 Å². The zero-order chi connectivity index (χ0) is 19.5. The number of hydrogen-bond donors (Lipinski definition) is 0. The molecule has 0 N–H and O–H groups in total. The van der Waals surface area contributed by atoms with Crippen LogP contribution in [0.3, 0.4) is 0 Å². The van der Waals surface area contributed by atoms with Crippen molar-refractivity contribution in [1.29, 1.82) is 0 Å². The van der Waals surface area contributed by atoms with Gasteiger partial charge in [-0.3, -0.25) is 0 Å². The molecule has 1 aliphatic heterocycles. The second-order valence-corrected chi connectivity index (χ2v) is 8.26. The lowest BCUT2D eigenvalue weighted by molar-refractivity contribution is 0.115. The first kappa shape index (κ1) is 19.0. The minimum absolute atomic E-state index is 0.638. The van der Waals surface area contributed by atoms with Crippen LogP contribution in [0.2, 0.25) is 0 Å². The van der Waals surface area contributed by atoms with E-state index in [1.165, 1.54) is 15.3 Å². The van der Waals surface area contributed by atoms with Crippen LogP contribution in [-0.2, 0) is 11.3 Å². The van der Waals surface area contributed by atoms with Crippen LogP contribution in [0, 0.1) is 0 Å². The zero-order valence-electron chi connectivity index (χ0n) is 16.5. The van der Waals surface area contributed by atoms with Crippen LogP contribution in [0.5, 0.6) is 17.2 Å². The maximum atomic E-state index is 6.25. The maximum absolute atomic E-state index is 6.25. The third-order valence-corrected chi connectivity index (χ3v) is 5.89. The summed E-state index contributed by atoms with van der Waals surface area (Å²) in [4.78, 5) is 4.63. The van der Waals surface area contributed by atoms with E-state index in [2.05, 4.69) is 43.3 Å². The molecule has 0 unspecified atom stereocenters. The van der Waals surface area contributed by atoms with Gasteiger partial charge in [-0.15, -0.1) is 11.3 Å². The average Bonchev–Trinajstić information content (AvgIpc) is 3.06. The van der Waals surface area contributed by atoms with E-state index in [1.54, 1.807) is 18.4 Å². The Labute approximate surface area is 170 Å². The predicted octanol–water partition coefficient (Wildman–Crippen LogP) is 5.66. The van der Waals surface area contributed by atoms with Crippen LogP contribution in [0.4, 0.5) is 0 Å². The van der Waals surface area contributed by atoms with Gasteiger partial charge in [0.05, 0.1) is 13.7 Å². The molecular formula is C23H25NO3S. The fourth-order valence-electron chi connectivity index (χ4n) is 3.37. The van der Waals surface area contributed by atoms with E-state index in [4.69, 9.17) is 14.2 Å². The molecule has 0 amide bonds. The quantitative estimate of drug-likeness (QED) is 0.378.